The first-order valence-corrected chi connectivity index (χ1v) is 14.6. The lowest BCUT2D eigenvalue weighted by Crippen LogP contribution is -2.58. The first kappa shape index (κ1) is 29.3. The molecule has 3 aliphatic rings. The average molecular weight is 565 g/mol. The third-order valence-electron chi connectivity index (χ3n) is 10.4. The summed E-state index contributed by atoms with van der Waals surface area (Å²) in [6.45, 7) is 12.2. The van der Waals surface area contributed by atoms with Gasteiger partial charge >= 0.3 is 0 Å². The van der Waals surface area contributed by atoms with E-state index in [-0.39, 0.29) is 34.4 Å². The SMILES string of the molecule is COc1cc(C)c(O)c(CC=C(C)CC(=O)CC2(C)CCCC2(C)C23CC(c4c(O)cc(O)cc4O2)C(C)(C)O3)c1. The van der Waals surface area contributed by atoms with Crippen LogP contribution in [-0.4, -0.2) is 39.6 Å². The van der Waals surface area contributed by atoms with Crippen LogP contribution in [0.2, 0.25) is 0 Å². The molecular formula is C34H44O7. The molecule has 2 aromatic carbocycles. The Morgan fingerprint density at radius 3 is 2.54 bits per heavy atom. The van der Waals surface area contributed by atoms with Gasteiger partial charge in [0.15, 0.2) is 0 Å². The number of phenols is 3. The van der Waals surface area contributed by atoms with Gasteiger partial charge in [-0.05, 0) is 70.1 Å². The molecule has 1 aliphatic carbocycles. The maximum Gasteiger partial charge on any atom is 0.217 e. The van der Waals surface area contributed by atoms with E-state index in [0.29, 0.717) is 42.7 Å². The number of hydrogen-bond donors (Lipinski definition) is 3. The summed E-state index contributed by atoms with van der Waals surface area (Å²) in [7, 11) is 1.61. The van der Waals surface area contributed by atoms with Crippen LogP contribution in [0.4, 0.5) is 0 Å². The number of allylic oxidation sites excluding steroid dienone is 2. The molecule has 5 rings (SSSR count). The number of aryl methyl sites for hydroxylation is 1. The Balaban J connectivity index is 1.37. The van der Waals surface area contributed by atoms with E-state index in [2.05, 4.69) is 13.8 Å². The monoisotopic (exact) mass is 564 g/mol. The van der Waals surface area contributed by atoms with Crippen LogP contribution < -0.4 is 9.47 Å². The van der Waals surface area contributed by atoms with Crippen molar-refractivity contribution in [3.8, 4) is 28.7 Å². The van der Waals surface area contributed by atoms with Crippen molar-refractivity contribution >= 4 is 5.78 Å². The quantitative estimate of drug-likeness (QED) is 0.291. The number of rotatable bonds is 8. The van der Waals surface area contributed by atoms with E-state index in [1.54, 1.807) is 19.2 Å². The minimum Gasteiger partial charge on any atom is -0.508 e. The standard InChI is InChI=1S/C34H44O7/c1-20(9-10-22-15-25(39-7)14-21(2)30(22)38)13-24(36)18-32(5)11-8-12-33(32,6)34-19-26(31(3,4)41-34)29-27(37)16-23(35)17-28(29)40-34/h9,14-17,26,35,37-38H,8,10-13,18-19H2,1-7H3. The molecule has 0 radical (unpaired) electrons. The fraction of sp³-hybridized carbons (Fsp3) is 0.559. The van der Waals surface area contributed by atoms with Crippen molar-refractivity contribution in [3.63, 3.8) is 0 Å². The van der Waals surface area contributed by atoms with E-state index in [4.69, 9.17) is 14.2 Å². The second-order valence-corrected chi connectivity index (χ2v) is 13.5. The molecule has 222 valence electrons. The lowest BCUT2D eigenvalue weighted by Gasteiger charge is -2.53. The lowest BCUT2D eigenvalue weighted by molar-refractivity contribution is -0.279. The Kier molecular flexibility index (Phi) is 7.13. The van der Waals surface area contributed by atoms with Gasteiger partial charge in [-0.3, -0.25) is 4.79 Å². The first-order valence-electron chi connectivity index (χ1n) is 14.6. The van der Waals surface area contributed by atoms with Crippen molar-refractivity contribution in [3.05, 3.63) is 52.6 Å². The summed E-state index contributed by atoms with van der Waals surface area (Å²) in [4.78, 5) is 13.6. The normalized spacial score (nSPS) is 30.1. The predicted molar refractivity (Wildman–Crippen MR) is 157 cm³/mol. The third-order valence-corrected chi connectivity index (χ3v) is 10.4. The number of benzene rings is 2. The van der Waals surface area contributed by atoms with Crippen LogP contribution >= 0.6 is 0 Å². The third kappa shape index (κ3) is 4.76. The maximum absolute atomic E-state index is 13.6. The molecule has 0 amide bonds. The molecule has 2 fully saturated rings. The minimum absolute atomic E-state index is 0.0198. The summed E-state index contributed by atoms with van der Waals surface area (Å²) in [5, 5.41) is 31.4. The van der Waals surface area contributed by atoms with E-state index >= 15 is 0 Å². The van der Waals surface area contributed by atoms with Crippen LogP contribution in [0.5, 0.6) is 28.7 Å². The molecule has 0 aromatic heterocycles. The van der Waals surface area contributed by atoms with Crippen molar-refractivity contribution in [2.24, 2.45) is 10.8 Å². The Morgan fingerprint density at radius 1 is 1.10 bits per heavy atom. The van der Waals surface area contributed by atoms with Gasteiger partial charge in [0.25, 0.3) is 0 Å². The van der Waals surface area contributed by atoms with Crippen LogP contribution in [0.3, 0.4) is 0 Å². The highest BCUT2D eigenvalue weighted by Crippen LogP contribution is 2.70. The summed E-state index contributed by atoms with van der Waals surface area (Å²) < 4.78 is 18.9. The second kappa shape index (κ2) is 9.97. The van der Waals surface area contributed by atoms with Gasteiger partial charge in [-0.25, -0.2) is 0 Å². The Bertz CT molecular complexity index is 1410. The number of ketones is 1. The van der Waals surface area contributed by atoms with E-state index in [9.17, 15) is 20.1 Å². The van der Waals surface area contributed by atoms with E-state index in [1.165, 1.54) is 6.07 Å². The number of ether oxygens (including phenoxy) is 3. The van der Waals surface area contributed by atoms with Gasteiger partial charge in [-0.15, -0.1) is 0 Å². The van der Waals surface area contributed by atoms with Crippen LogP contribution in [0.15, 0.2) is 35.9 Å². The molecule has 2 aliphatic heterocycles. The Labute approximate surface area is 243 Å². The Morgan fingerprint density at radius 2 is 1.83 bits per heavy atom. The first-order chi connectivity index (χ1) is 19.1. The molecule has 4 atom stereocenters. The largest absolute Gasteiger partial charge is 0.508 e. The number of carbonyl (C=O) groups excluding carboxylic acids is 1. The van der Waals surface area contributed by atoms with Crippen LogP contribution in [0.1, 0.15) is 95.8 Å². The predicted octanol–water partition coefficient (Wildman–Crippen LogP) is 7.23. The van der Waals surface area contributed by atoms with Gasteiger partial charge in [-0.2, -0.15) is 0 Å². The summed E-state index contributed by atoms with van der Waals surface area (Å²) >= 11 is 0. The molecule has 3 N–H and O–H groups in total. The van der Waals surface area contributed by atoms with Crippen LogP contribution in [-0.2, 0) is 16.0 Å². The number of aromatic hydroxyl groups is 3. The molecular weight excluding hydrogens is 520 g/mol. The second-order valence-electron chi connectivity index (χ2n) is 13.5. The molecule has 2 heterocycles. The average Bonchev–Trinajstić information content (AvgIpc) is 3.29. The van der Waals surface area contributed by atoms with E-state index < -0.39 is 16.8 Å². The van der Waals surface area contributed by atoms with Crippen LogP contribution in [0.25, 0.3) is 0 Å². The van der Waals surface area contributed by atoms with E-state index in [0.717, 1.165) is 36.0 Å². The number of hydrogen-bond acceptors (Lipinski definition) is 7. The maximum atomic E-state index is 13.6. The zero-order valence-electron chi connectivity index (χ0n) is 25.4. The number of Topliss-reactive ketones (excluding diaryl/α,β-unsaturated/α-hetero) is 1. The summed E-state index contributed by atoms with van der Waals surface area (Å²) in [6.07, 6.45) is 6.52. The van der Waals surface area contributed by atoms with Gasteiger partial charge in [0.05, 0.1) is 12.7 Å². The molecule has 4 unspecified atom stereocenters. The molecule has 2 aromatic rings. The minimum atomic E-state index is -0.980. The topological polar surface area (TPSA) is 105 Å². The van der Waals surface area contributed by atoms with Gasteiger partial charge in [0.2, 0.25) is 5.79 Å². The molecule has 7 heteroatoms. The Hall–Kier alpha value is -3.19. The molecule has 1 saturated heterocycles. The lowest BCUT2D eigenvalue weighted by atomic mass is 9.59. The van der Waals surface area contributed by atoms with Crippen LogP contribution in [0, 0.1) is 17.8 Å². The van der Waals surface area contributed by atoms with E-state index in [1.807, 2.05) is 39.8 Å². The fourth-order valence-electron chi connectivity index (χ4n) is 7.82. The molecule has 1 saturated carbocycles. The van der Waals surface area contributed by atoms with Crippen molar-refractivity contribution < 1.29 is 34.3 Å². The number of methoxy groups -OCH3 is 1. The van der Waals surface area contributed by atoms with Crippen molar-refractivity contribution in [2.75, 3.05) is 7.11 Å². The van der Waals surface area contributed by atoms with Crippen molar-refractivity contribution in [1.29, 1.82) is 0 Å². The van der Waals surface area contributed by atoms with Gasteiger partial charge < -0.3 is 29.5 Å². The molecule has 2 bridgehead atoms. The highest BCUT2D eigenvalue weighted by atomic mass is 16.7. The van der Waals surface area contributed by atoms with Gasteiger partial charge in [0.1, 0.15) is 34.5 Å². The summed E-state index contributed by atoms with van der Waals surface area (Å²) in [5.41, 5.74) is 1.73. The van der Waals surface area contributed by atoms with Gasteiger partial charge in [-0.1, -0.05) is 31.9 Å². The summed E-state index contributed by atoms with van der Waals surface area (Å²) in [5.74, 6) is 0.457. The zero-order chi connectivity index (χ0) is 30.0. The highest BCUT2D eigenvalue weighted by molar-refractivity contribution is 5.81. The van der Waals surface area contributed by atoms with Gasteiger partial charge in [0, 0.05) is 53.9 Å². The zero-order valence-corrected chi connectivity index (χ0v) is 25.4. The van der Waals surface area contributed by atoms with Crippen molar-refractivity contribution in [1.82, 2.24) is 0 Å². The number of carbonyl (C=O) groups is 1. The van der Waals surface area contributed by atoms with Crippen molar-refractivity contribution in [2.45, 2.75) is 104 Å². The fourth-order valence-corrected chi connectivity index (χ4v) is 7.82. The number of fused-ring (bicyclic) bond motifs is 4. The molecule has 0 spiro atoms. The molecule has 41 heavy (non-hydrogen) atoms. The number of phenolic OH excluding ortho intramolecular Hbond substituents is 3. The molecule has 7 nitrogen and oxygen atoms in total. The smallest absolute Gasteiger partial charge is 0.217 e. The summed E-state index contributed by atoms with van der Waals surface area (Å²) in [6, 6.07) is 6.55. The highest BCUT2D eigenvalue weighted by Gasteiger charge is 2.70.